The Labute approximate surface area is 166 Å². The van der Waals surface area contributed by atoms with E-state index in [0.29, 0.717) is 25.3 Å². The fourth-order valence-electron chi connectivity index (χ4n) is 3.31. The Morgan fingerprint density at radius 3 is 2.68 bits per heavy atom. The molecule has 0 spiro atoms. The summed E-state index contributed by atoms with van der Waals surface area (Å²) >= 11 is 0. The molecule has 1 aromatic carbocycles. The van der Waals surface area contributed by atoms with Crippen LogP contribution in [0, 0.1) is 0 Å². The van der Waals surface area contributed by atoms with Crippen LogP contribution in [0.2, 0.25) is 0 Å². The van der Waals surface area contributed by atoms with E-state index in [1.165, 1.54) is 0 Å². The smallest absolute Gasteiger partial charge is 0.240 e. The molecule has 1 fully saturated rings. The SMILES string of the molecule is CC(C)c1cn(CC[C@H]2CC[C@@H](NS(=O)(=O)c3ccccc3)[C@H](CO)O2)nn1. The summed E-state index contributed by atoms with van der Waals surface area (Å²) < 4.78 is 35.5. The van der Waals surface area contributed by atoms with Crippen LogP contribution in [0.5, 0.6) is 0 Å². The second kappa shape index (κ2) is 9.13. The second-order valence-corrected chi connectivity index (χ2v) is 9.16. The number of rotatable bonds is 8. The monoisotopic (exact) mass is 408 g/mol. The molecule has 154 valence electrons. The molecule has 0 saturated carbocycles. The minimum atomic E-state index is -3.64. The van der Waals surface area contributed by atoms with Gasteiger partial charge < -0.3 is 9.84 Å². The van der Waals surface area contributed by atoms with Gasteiger partial charge in [-0.3, -0.25) is 4.68 Å². The van der Waals surface area contributed by atoms with Crippen LogP contribution in [0.3, 0.4) is 0 Å². The van der Waals surface area contributed by atoms with E-state index in [1.54, 1.807) is 35.0 Å². The van der Waals surface area contributed by atoms with Gasteiger partial charge in [0.15, 0.2) is 0 Å². The zero-order valence-corrected chi connectivity index (χ0v) is 17.0. The molecular formula is C19H28N4O4S. The maximum Gasteiger partial charge on any atom is 0.240 e. The topological polar surface area (TPSA) is 106 Å². The normalized spacial score (nSPS) is 23.2. The quantitative estimate of drug-likeness (QED) is 0.688. The highest BCUT2D eigenvalue weighted by molar-refractivity contribution is 7.89. The number of hydrogen-bond donors (Lipinski definition) is 2. The van der Waals surface area contributed by atoms with Crippen molar-refractivity contribution in [2.75, 3.05) is 6.61 Å². The number of aliphatic hydroxyl groups is 1. The predicted molar refractivity (Wildman–Crippen MR) is 104 cm³/mol. The molecule has 1 aliphatic rings. The lowest BCUT2D eigenvalue weighted by Gasteiger charge is -2.36. The number of aliphatic hydroxyl groups excluding tert-OH is 1. The van der Waals surface area contributed by atoms with Gasteiger partial charge in [-0.2, -0.15) is 0 Å². The van der Waals surface area contributed by atoms with Crippen LogP contribution >= 0.6 is 0 Å². The van der Waals surface area contributed by atoms with E-state index in [1.807, 2.05) is 6.20 Å². The van der Waals surface area contributed by atoms with Gasteiger partial charge in [0.2, 0.25) is 10.0 Å². The first-order chi connectivity index (χ1) is 13.4. The molecule has 1 saturated heterocycles. The van der Waals surface area contributed by atoms with E-state index >= 15 is 0 Å². The predicted octanol–water partition coefficient (Wildman–Crippen LogP) is 1.68. The van der Waals surface area contributed by atoms with Crippen molar-refractivity contribution in [3.63, 3.8) is 0 Å². The van der Waals surface area contributed by atoms with Gasteiger partial charge in [0.25, 0.3) is 0 Å². The number of nitrogens with zero attached hydrogens (tertiary/aromatic N) is 3. The average molecular weight is 409 g/mol. The van der Waals surface area contributed by atoms with Crippen LogP contribution in [-0.2, 0) is 21.3 Å². The number of aryl methyl sites for hydroxylation is 1. The van der Waals surface area contributed by atoms with Gasteiger partial charge in [-0.25, -0.2) is 13.1 Å². The summed E-state index contributed by atoms with van der Waals surface area (Å²) in [5.41, 5.74) is 0.952. The van der Waals surface area contributed by atoms with Crippen LogP contribution < -0.4 is 4.72 Å². The maximum atomic E-state index is 12.5. The highest BCUT2D eigenvalue weighted by Gasteiger charge is 2.33. The molecule has 28 heavy (non-hydrogen) atoms. The van der Waals surface area contributed by atoms with Crippen molar-refractivity contribution in [2.45, 2.75) is 68.7 Å². The first-order valence-electron chi connectivity index (χ1n) is 9.62. The van der Waals surface area contributed by atoms with Gasteiger partial charge in [-0.15, -0.1) is 5.10 Å². The minimum absolute atomic E-state index is 0.0543. The molecule has 1 aromatic heterocycles. The summed E-state index contributed by atoms with van der Waals surface area (Å²) in [6.07, 6.45) is 3.37. The molecule has 3 atom stereocenters. The Morgan fingerprint density at radius 2 is 2.04 bits per heavy atom. The number of aromatic nitrogens is 3. The zero-order chi connectivity index (χ0) is 20.1. The summed E-state index contributed by atoms with van der Waals surface area (Å²) in [5, 5.41) is 18.0. The summed E-state index contributed by atoms with van der Waals surface area (Å²) in [6.45, 7) is 4.57. The van der Waals surface area contributed by atoms with Crippen LogP contribution in [0.1, 0.15) is 44.7 Å². The second-order valence-electron chi connectivity index (χ2n) is 7.45. The third-order valence-corrected chi connectivity index (χ3v) is 6.49. The molecule has 8 nitrogen and oxygen atoms in total. The summed E-state index contributed by atoms with van der Waals surface area (Å²) in [6, 6.07) is 7.77. The lowest BCUT2D eigenvalue weighted by Crippen LogP contribution is -2.50. The van der Waals surface area contributed by atoms with Gasteiger partial charge in [0, 0.05) is 12.7 Å². The summed E-state index contributed by atoms with van der Waals surface area (Å²) in [5.74, 6) is 0.330. The van der Waals surface area contributed by atoms with Gasteiger partial charge in [-0.1, -0.05) is 37.3 Å². The number of nitrogens with one attached hydrogen (secondary N) is 1. The van der Waals surface area contributed by atoms with Crippen molar-refractivity contribution >= 4 is 10.0 Å². The maximum absolute atomic E-state index is 12.5. The van der Waals surface area contributed by atoms with Crippen molar-refractivity contribution in [1.29, 1.82) is 0 Å². The Morgan fingerprint density at radius 1 is 1.29 bits per heavy atom. The largest absolute Gasteiger partial charge is 0.394 e. The summed E-state index contributed by atoms with van der Waals surface area (Å²) in [7, 11) is -3.64. The van der Waals surface area contributed by atoms with E-state index in [2.05, 4.69) is 28.9 Å². The lowest BCUT2D eigenvalue weighted by molar-refractivity contribution is -0.0891. The number of sulfonamides is 1. The van der Waals surface area contributed by atoms with E-state index in [4.69, 9.17) is 4.74 Å². The van der Waals surface area contributed by atoms with Gasteiger partial charge in [0.05, 0.1) is 35.4 Å². The summed E-state index contributed by atoms with van der Waals surface area (Å²) in [4.78, 5) is 0.209. The fraction of sp³-hybridized carbons (Fsp3) is 0.579. The molecule has 0 unspecified atom stereocenters. The van der Waals surface area contributed by atoms with Crippen LogP contribution in [0.4, 0.5) is 0 Å². The molecule has 2 heterocycles. The molecule has 3 rings (SSSR count). The molecule has 0 bridgehead atoms. The molecular weight excluding hydrogens is 380 g/mol. The van der Waals surface area contributed by atoms with E-state index in [0.717, 1.165) is 12.1 Å². The number of benzene rings is 1. The Balaban J connectivity index is 1.56. The molecule has 2 N–H and O–H groups in total. The standard InChI is InChI=1S/C19H28N4O4S/c1-14(2)18-12-23(22-20-18)11-10-15-8-9-17(19(13-24)27-15)21-28(25,26)16-6-4-3-5-7-16/h3-7,12,14-15,17,19,21,24H,8-11,13H2,1-2H3/t15-,17-,19+/m1/s1. The minimum Gasteiger partial charge on any atom is -0.394 e. The van der Waals surface area contributed by atoms with Crippen molar-refractivity contribution in [3.8, 4) is 0 Å². The van der Waals surface area contributed by atoms with Crippen molar-refractivity contribution in [3.05, 3.63) is 42.2 Å². The van der Waals surface area contributed by atoms with E-state index < -0.39 is 22.2 Å². The molecule has 0 amide bonds. The number of hydrogen-bond acceptors (Lipinski definition) is 6. The Kier molecular flexibility index (Phi) is 6.82. The van der Waals surface area contributed by atoms with E-state index in [-0.39, 0.29) is 17.6 Å². The van der Waals surface area contributed by atoms with Crippen molar-refractivity contribution in [1.82, 2.24) is 19.7 Å². The molecule has 9 heteroatoms. The third-order valence-electron chi connectivity index (χ3n) is 4.98. The van der Waals surface area contributed by atoms with Crippen LogP contribution in [-0.4, -0.2) is 53.4 Å². The van der Waals surface area contributed by atoms with Gasteiger partial charge in [-0.05, 0) is 37.3 Å². The highest BCUT2D eigenvalue weighted by atomic mass is 32.2. The first kappa shape index (κ1) is 20.9. The fourth-order valence-corrected chi connectivity index (χ4v) is 4.63. The van der Waals surface area contributed by atoms with Crippen molar-refractivity contribution in [2.24, 2.45) is 0 Å². The highest BCUT2D eigenvalue weighted by Crippen LogP contribution is 2.24. The van der Waals surface area contributed by atoms with Crippen LogP contribution in [0.15, 0.2) is 41.4 Å². The lowest BCUT2D eigenvalue weighted by atomic mass is 9.98. The molecule has 0 radical (unpaired) electrons. The number of ether oxygens (including phenoxy) is 1. The van der Waals surface area contributed by atoms with Gasteiger partial charge in [0.1, 0.15) is 0 Å². The molecule has 0 aliphatic carbocycles. The Hall–Kier alpha value is -1.81. The van der Waals surface area contributed by atoms with E-state index in [9.17, 15) is 13.5 Å². The van der Waals surface area contributed by atoms with Crippen LogP contribution in [0.25, 0.3) is 0 Å². The van der Waals surface area contributed by atoms with Crippen molar-refractivity contribution < 1.29 is 18.3 Å². The average Bonchev–Trinajstić information content (AvgIpc) is 3.17. The molecule has 1 aliphatic heterocycles. The molecule has 2 aromatic rings. The third kappa shape index (κ3) is 5.16. The Bertz CT molecular complexity index is 854. The first-order valence-corrected chi connectivity index (χ1v) is 11.1. The van der Waals surface area contributed by atoms with Gasteiger partial charge >= 0.3 is 0 Å². The zero-order valence-electron chi connectivity index (χ0n) is 16.2.